The average molecular weight is 619 g/mol. The molecule has 2 atom stereocenters. The number of benzene rings is 5. The van der Waals surface area contributed by atoms with E-state index in [0.29, 0.717) is 5.92 Å². The quantitative estimate of drug-likeness (QED) is 0.186. The molecular formula is C46H38N2. The summed E-state index contributed by atoms with van der Waals surface area (Å²) in [5.74, 6) is 0.335. The number of allylic oxidation sites excluding steroid dienone is 2. The molecule has 7 aromatic rings. The van der Waals surface area contributed by atoms with E-state index in [1.807, 2.05) is 0 Å². The van der Waals surface area contributed by atoms with Gasteiger partial charge in [0, 0.05) is 50.2 Å². The van der Waals surface area contributed by atoms with Crippen LogP contribution in [0.3, 0.4) is 0 Å². The zero-order valence-electron chi connectivity index (χ0n) is 27.7. The molecule has 2 heterocycles. The third kappa shape index (κ3) is 3.48. The molecule has 232 valence electrons. The monoisotopic (exact) mass is 618 g/mol. The summed E-state index contributed by atoms with van der Waals surface area (Å²) in [5.41, 5.74) is 15.7. The summed E-state index contributed by atoms with van der Waals surface area (Å²) < 4.78 is 5.13. The van der Waals surface area contributed by atoms with Gasteiger partial charge in [0.15, 0.2) is 0 Å². The number of aryl methyl sites for hydroxylation is 1. The van der Waals surface area contributed by atoms with E-state index in [1.165, 1.54) is 77.9 Å². The maximum absolute atomic E-state index is 2.62. The number of nitrogens with zero attached hydrogens (tertiary/aromatic N) is 2. The summed E-state index contributed by atoms with van der Waals surface area (Å²) in [6, 6.07) is 45.2. The van der Waals surface area contributed by atoms with E-state index in [0.717, 1.165) is 12.8 Å². The van der Waals surface area contributed by atoms with Gasteiger partial charge < -0.3 is 9.13 Å². The van der Waals surface area contributed by atoms with Crippen LogP contribution in [0.2, 0.25) is 0 Å². The van der Waals surface area contributed by atoms with Gasteiger partial charge in [-0.2, -0.15) is 0 Å². The lowest BCUT2D eigenvalue weighted by atomic mass is 9.64. The van der Waals surface area contributed by atoms with Crippen LogP contribution in [0, 0.1) is 5.92 Å². The van der Waals surface area contributed by atoms with E-state index in [9.17, 15) is 0 Å². The van der Waals surface area contributed by atoms with Crippen LogP contribution in [0.5, 0.6) is 0 Å². The average Bonchev–Trinajstić information content (AvgIpc) is 3.71. The molecule has 0 N–H and O–H groups in total. The predicted octanol–water partition coefficient (Wildman–Crippen LogP) is 11.4. The highest BCUT2D eigenvalue weighted by Gasteiger charge is 2.56. The maximum Gasteiger partial charge on any atom is 0.0541 e. The number of aromatic nitrogens is 2. The number of fused-ring (bicyclic) bond motifs is 10. The van der Waals surface area contributed by atoms with Gasteiger partial charge in [0.25, 0.3) is 0 Å². The Kier molecular flexibility index (Phi) is 5.69. The van der Waals surface area contributed by atoms with Crippen LogP contribution < -0.4 is 0 Å². The summed E-state index contributed by atoms with van der Waals surface area (Å²) >= 11 is 0. The lowest BCUT2D eigenvalue weighted by molar-refractivity contribution is 0.310. The number of rotatable bonds is 3. The van der Waals surface area contributed by atoms with Crippen molar-refractivity contribution in [2.45, 2.75) is 44.4 Å². The Morgan fingerprint density at radius 3 is 1.92 bits per heavy atom. The topological polar surface area (TPSA) is 9.86 Å². The number of para-hydroxylation sites is 4. The zero-order chi connectivity index (χ0) is 32.2. The highest BCUT2D eigenvalue weighted by molar-refractivity contribution is 5.97. The first-order valence-electron chi connectivity index (χ1n) is 17.4. The van der Waals surface area contributed by atoms with Gasteiger partial charge >= 0.3 is 0 Å². The van der Waals surface area contributed by atoms with Crippen molar-refractivity contribution < 1.29 is 0 Å². The Labute approximate surface area is 282 Å². The molecule has 0 aliphatic heterocycles. The van der Waals surface area contributed by atoms with E-state index >= 15 is 0 Å². The van der Waals surface area contributed by atoms with Crippen LogP contribution in [-0.2, 0) is 17.3 Å². The lowest BCUT2D eigenvalue weighted by Gasteiger charge is -2.40. The van der Waals surface area contributed by atoms with Crippen LogP contribution >= 0.6 is 0 Å². The molecule has 48 heavy (non-hydrogen) atoms. The smallest absolute Gasteiger partial charge is 0.0541 e. The van der Waals surface area contributed by atoms with Crippen molar-refractivity contribution in [2.75, 3.05) is 0 Å². The summed E-state index contributed by atoms with van der Waals surface area (Å²) in [7, 11) is 0. The van der Waals surface area contributed by atoms with Gasteiger partial charge in [-0.1, -0.05) is 129 Å². The van der Waals surface area contributed by atoms with Gasteiger partial charge in [-0.15, -0.1) is 0 Å². The Hall–Kier alpha value is -5.34. The first kappa shape index (κ1) is 27.7. The first-order valence-corrected chi connectivity index (χ1v) is 17.4. The van der Waals surface area contributed by atoms with E-state index in [2.05, 4.69) is 176 Å². The molecule has 3 aliphatic carbocycles. The Morgan fingerprint density at radius 1 is 0.583 bits per heavy atom. The number of hydrogen-bond donors (Lipinski definition) is 0. The van der Waals surface area contributed by atoms with E-state index in [4.69, 9.17) is 0 Å². The molecule has 0 radical (unpaired) electrons. The SMILES string of the molecule is CC1(C)c2ccccc2[C@@]2(C)c3c(c4ccccc4n3-c3ccccc3-c3ccccc3-n3c4c(c5ccccc53)CCC=C4)C=CC12. The normalized spacial score (nSPS) is 20.1. The molecule has 0 amide bonds. The van der Waals surface area contributed by atoms with E-state index in [1.54, 1.807) is 0 Å². The molecule has 0 fully saturated rings. The second-order valence-electron chi connectivity index (χ2n) is 14.6. The van der Waals surface area contributed by atoms with Gasteiger partial charge in [0.1, 0.15) is 0 Å². The molecule has 0 spiro atoms. The molecule has 0 bridgehead atoms. The highest BCUT2D eigenvalue weighted by Crippen LogP contribution is 2.61. The summed E-state index contributed by atoms with van der Waals surface area (Å²) in [5, 5.41) is 2.67. The van der Waals surface area contributed by atoms with Crippen molar-refractivity contribution in [3.63, 3.8) is 0 Å². The second kappa shape index (κ2) is 9.84. The largest absolute Gasteiger partial charge is 0.311 e. The minimum atomic E-state index is -0.198. The molecule has 3 aliphatic rings. The fraction of sp³-hybridized carbons (Fsp3) is 0.174. The van der Waals surface area contributed by atoms with Gasteiger partial charge in [0.05, 0.1) is 22.4 Å². The van der Waals surface area contributed by atoms with Gasteiger partial charge in [0.2, 0.25) is 0 Å². The second-order valence-corrected chi connectivity index (χ2v) is 14.6. The molecular weight excluding hydrogens is 581 g/mol. The zero-order valence-corrected chi connectivity index (χ0v) is 27.7. The van der Waals surface area contributed by atoms with Crippen molar-refractivity contribution in [3.05, 3.63) is 167 Å². The van der Waals surface area contributed by atoms with Crippen molar-refractivity contribution in [1.82, 2.24) is 9.13 Å². The van der Waals surface area contributed by atoms with Crippen LogP contribution in [-0.4, -0.2) is 9.13 Å². The third-order valence-corrected chi connectivity index (χ3v) is 11.9. The van der Waals surface area contributed by atoms with Crippen molar-refractivity contribution >= 4 is 34.0 Å². The third-order valence-electron chi connectivity index (χ3n) is 11.9. The highest BCUT2D eigenvalue weighted by atomic mass is 15.0. The van der Waals surface area contributed by atoms with Crippen LogP contribution in [0.4, 0.5) is 0 Å². The van der Waals surface area contributed by atoms with Crippen LogP contribution in [0.25, 0.3) is 56.5 Å². The van der Waals surface area contributed by atoms with Crippen molar-refractivity contribution in [3.8, 4) is 22.5 Å². The molecule has 0 saturated carbocycles. The fourth-order valence-corrected chi connectivity index (χ4v) is 9.89. The Bertz CT molecular complexity index is 2510. The predicted molar refractivity (Wildman–Crippen MR) is 201 cm³/mol. The van der Waals surface area contributed by atoms with Gasteiger partial charge in [-0.3, -0.25) is 0 Å². The Balaban J connectivity index is 1.29. The van der Waals surface area contributed by atoms with Crippen LogP contribution in [0.1, 0.15) is 60.8 Å². The summed E-state index contributed by atoms with van der Waals surface area (Å²) in [6.07, 6.45) is 11.8. The van der Waals surface area contributed by atoms with E-state index < -0.39 is 0 Å². The molecule has 2 heteroatoms. The van der Waals surface area contributed by atoms with Gasteiger partial charge in [-0.25, -0.2) is 0 Å². The molecule has 2 aromatic heterocycles. The molecule has 2 nitrogen and oxygen atoms in total. The summed E-state index contributed by atoms with van der Waals surface area (Å²) in [6.45, 7) is 7.37. The first-order chi connectivity index (χ1) is 23.5. The lowest BCUT2D eigenvalue weighted by Crippen LogP contribution is -2.39. The molecule has 1 unspecified atom stereocenters. The molecule has 10 rings (SSSR count). The number of hydrogen-bond acceptors (Lipinski definition) is 0. The van der Waals surface area contributed by atoms with Gasteiger partial charge in [-0.05, 0) is 72.2 Å². The molecule has 5 aromatic carbocycles. The maximum atomic E-state index is 2.62. The minimum Gasteiger partial charge on any atom is -0.311 e. The minimum absolute atomic E-state index is 0.00895. The van der Waals surface area contributed by atoms with Crippen molar-refractivity contribution in [1.29, 1.82) is 0 Å². The fourth-order valence-electron chi connectivity index (χ4n) is 9.89. The summed E-state index contributed by atoms with van der Waals surface area (Å²) in [4.78, 5) is 0. The van der Waals surface area contributed by atoms with Crippen LogP contribution in [0.15, 0.2) is 133 Å². The molecule has 0 saturated heterocycles. The Morgan fingerprint density at radius 2 is 1.17 bits per heavy atom. The van der Waals surface area contributed by atoms with E-state index in [-0.39, 0.29) is 10.8 Å². The van der Waals surface area contributed by atoms with Crippen molar-refractivity contribution in [2.24, 2.45) is 5.92 Å². The standard InChI is InChI=1S/C46H38N2/c1-45(2)36-21-9-10-22-37(36)46(3)43(45)29-28-35-34-20-8-15-27-42(34)48(44(35)46)41-26-14-7-19-33(41)32-18-6-13-25-40(32)47-38-23-11-4-16-30(38)31-17-5-12-24-39(31)47/h4,6-16,18-29,43H,5,17H2,1-3H3/t43?,46-/m1/s1.